The van der Waals surface area contributed by atoms with E-state index in [0.29, 0.717) is 11.5 Å². The van der Waals surface area contributed by atoms with Crippen LogP contribution in [-0.2, 0) is 6.54 Å². The fourth-order valence-electron chi connectivity index (χ4n) is 1.83. The van der Waals surface area contributed by atoms with Crippen LogP contribution in [0.1, 0.15) is 40.8 Å². The third-order valence-corrected chi connectivity index (χ3v) is 3.11. The molecule has 1 amide bonds. The molecule has 7 heteroatoms. The molecule has 3 rings (SSSR count). The van der Waals surface area contributed by atoms with Gasteiger partial charge in [-0.15, -0.1) is 5.10 Å². The Morgan fingerprint density at radius 2 is 2.15 bits per heavy atom. The minimum atomic E-state index is -0.939. The zero-order valence-electron chi connectivity index (χ0n) is 10.5. The van der Waals surface area contributed by atoms with E-state index in [1.165, 1.54) is 6.07 Å². The zero-order chi connectivity index (χ0) is 14.1. The number of hydrogen-bond acceptors (Lipinski definition) is 3. The lowest BCUT2D eigenvalue weighted by molar-refractivity contribution is 0.0941. The van der Waals surface area contributed by atoms with Crippen LogP contribution in [0.15, 0.2) is 18.2 Å². The molecule has 0 bridgehead atoms. The molecule has 0 saturated heterocycles. The SMILES string of the molecule is O=C(NCc1ccc(F)c(F)c1)c1n[nH]c(C2CC2)n1. The molecule has 1 aromatic carbocycles. The minimum absolute atomic E-state index is 0.0643. The largest absolute Gasteiger partial charge is 0.345 e. The van der Waals surface area contributed by atoms with Crippen LogP contribution in [0, 0.1) is 11.6 Å². The van der Waals surface area contributed by atoms with Crippen molar-refractivity contribution in [1.29, 1.82) is 0 Å². The fourth-order valence-corrected chi connectivity index (χ4v) is 1.83. The molecular weight excluding hydrogens is 266 g/mol. The molecule has 104 valence electrons. The van der Waals surface area contributed by atoms with Crippen molar-refractivity contribution < 1.29 is 13.6 Å². The number of carbonyl (C=O) groups excluding carboxylic acids is 1. The number of hydrogen-bond donors (Lipinski definition) is 2. The summed E-state index contributed by atoms with van der Waals surface area (Å²) in [6, 6.07) is 3.48. The zero-order valence-corrected chi connectivity index (χ0v) is 10.5. The highest BCUT2D eigenvalue weighted by Crippen LogP contribution is 2.37. The normalized spacial score (nSPS) is 14.3. The Hall–Kier alpha value is -2.31. The number of aromatic amines is 1. The van der Waals surface area contributed by atoms with Crippen LogP contribution in [0.3, 0.4) is 0 Å². The minimum Gasteiger partial charge on any atom is -0.345 e. The molecule has 2 N–H and O–H groups in total. The molecule has 1 aliphatic rings. The smallest absolute Gasteiger partial charge is 0.291 e. The van der Waals surface area contributed by atoms with Crippen molar-refractivity contribution in [3.63, 3.8) is 0 Å². The maximum atomic E-state index is 13.0. The van der Waals surface area contributed by atoms with Gasteiger partial charge >= 0.3 is 0 Å². The van der Waals surface area contributed by atoms with E-state index in [1.54, 1.807) is 0 Å². The van der Waals surface area contributed by atoms with Crippen LogP contribution in [0.5, 0.6) is 0 Å². The number of carbonyl (C=O) groups is 1. The molecule has 1 aliphatic carbocycles. The van der Waals surface area contributed by atoms with Crippen LogP contribution in [0.4, 0.5) is 8.78 Å². The Bertz CT molecular complexity index is 652. The van der Waals surface area contributed by atoms with Crippen molar-refractivity contribution in [3.8, 4) is 0 Å². The Labute approximate surface area is 113 Å². The summed E-state index contributed by atoms with van der Waals surface area (Å²) in [5, 5.41) is 9.13. The first-order valence-corrected chi connectivity index (χ1v) is 6.28. The van der Waals surface area contributed by atoms with Crippen molar-refractivity contribution in [2.24, 2.45) is 0 Å². The second-order valence-electron chi connectivity index (χ2n) is 4.75. The Balaban J connectivity index is 1.61. The number of halogens is 2. The molecule has 1 fully saturated rings. The van der Waals surface area contributed by atoms with Gasteiger partial charge in [0.1, 0.15) is 5.82 Å². The number of aromatic nitrogens is 3. The van der Waals surface area contributed by atoms with Crippen LogP contribution in [0.25, 0.3) is 0 Å². The average molecular weight is 278 g/mol. The molecule has 0 radical (unpaired) electrons. The van der Waals surface area contributed by atoms with Gasteiger partial charge in [-0.2, -0.15) is 0 Å². The van der Waals surface area contributed by atoms with Gasteiger partial charge in [-0.05, 0) is 30.5 Å². The molecule has 5 nitrogen and oxygen atoms in total. The number of benzene rings is 1. The van der Waals surface area contributed by atoms with Gasteiger partial charge in [-0.3, -0.25) is 9.89 Å². The maximum Gasteiger partial charge on any atom is 0.291 e. The highest BCUT2D eigenvalue weighted by molar-refractivity contribution is 5.90. The average Bonchev–Trinajstić information content (AvgIpc) is 3.17. The van der Waals surface area contributed by atoms with Gasteiger partial charge in [0.05, 0.1) is 0 Å². The van der Waals surface area contributed by atoms with Gasteiger partial charge < -0.3 is 5.32 Å². The second-order valence-corrected chi connectivity index (χ2v) is 4.75. The first-order chi connectivity index (χ1) is 9.63. The molecule has 2 aromatic rings. The van der Waals surface area contributed by atoms with Crippen molar-refractivity contribution in [2.75, 3.05) is 0 Å². The molecule has 0 unspecified atom stereocenters. The third-order valence-electron chi connectivity index (χ3n) is 3.11. The highest BCUT2D eigenvalue weighted by atomic mass is 19.2. The van der Waals surface area contributed by atoms with E-state index in [-0.39, 0.29) is 12.4 Å². The first-order valence-electron chi connectivity index (χ1n) is 6.28. The predicted octanol–water partition coefficient (Wildman–Crippen LogP) is 1.89. The molecule has 1 saturated carbocycles. The summed E-state index contributed by atoms with van der Waals surface area (Å²) in [5.41, 5.74) is 0.468. The van der Waals surface area contributed by atoms with E-state index in [4.69, 9.17) is 0 Å². The van der Waals surface area contributed by atoms with E-state index >= 15 is 0 Å². The molecule has 1 heterocycles. The second kappa shape index (κ2) is 4.99. The highest BCUT2D eigenvalue weighted by Gasteiger charge is 2.28. The number of amides is 1. The summed E-state index contributed by atoms with van der Waals surface area (Å²) in [6.07, 6.45) is 2.12. The topological polar surface area (TPSA) is 70.7 Å². The maximum absolute atomic E-state index is 13.0. The van der Waals surface area contributed by atoms with E-state index in [9.17, 15) is 13.6 Å². The predicted molar refractivity (Wildman–Crippen MR) is 65.9 cm³/mol. The van der Waals surface area contributed by atoms with Gasteiger partial charge in [-0.1, -0.05) is 6.07 Å². The number of rotatable bonds is 4. The number of nitrogens with one attached hydrogen (secondary N) is 2. The van der Waals surface area contributed by atoms with Gasteiger partial charge in [0.25, 0.3) is 5.91 Å². The van der Waals surface area contributed by atoms with Gasteiger partial charge in [0.15, 0.2) is 11.6 Å². The summed E-state index contributed by atoms with van der Waals surface area (Å²) in [5.74, 6) is -1.13. The molecule has 0 spiro atoms. The van der Waals surface area contributed by atoms with Gasteiger partial charge in [-0.25, -0.2) is 13.8 Å². The standard InChI is InChI=1S/C13H12F2N4O/c14-9-4-1-7(5-10(9)15)6-16-13(20)12-17-11(18-19-12)8-2-3-8/h1,4-5,8H,2-3,6H2,(H,16,20)(H,17,18,19). The summed E-state index contributed by atoms with van der Waals surface area (Å²) < 4.78 is 25.8. The van der Waals surface area contributed by atoms with Crippen LogP contribution < -0.4 is 5.32 Å². The summed E-state index contributed by atoms with van der Waals surface area (Å²) in [7, 11) is 0. The first kappa shape index (κ1) is 12.7. The van der Waals surface area contributed by atoms with Crippen molar-refractivity contribution in [2.45, 2.75) is 25.3 Å². The Morgan fingerprint density at radius 3 is 2.85 bits per heavy atom. The molecular formula is C13H12F2N4O. The Morgan fingerprint density at radius 1 is 1.35 bits per heavy atom. The van der Waals surface area contributed by atoms with Gasteiger partial charge in [0, 0.05) is 12.5 Å². The van der Waals surface area contributed by atoms with E-state index in [2.05, 4.69) is 20.5 Å². The number of H-pyrrole nitrogens is 1. The molecule has 20 heavy (non-hydrogen) atoms. The van der Waals surface area contributed by atoms with Crippen LogP contribution >= 0.6 is 0 Å². The van der Waals surface area contributed by atoms with E-state index in [0.717, 1.165) is 30.8 Å². The fraction of sp³-hybridized carbons (Fsp3) is 0.308. The molecule has 0 atom stereocenters. The van der Waals surface area contributed by atoms with Crippen LogP contribution in [0.2, 0.25) is 0 Å². The van der Waals surface area contributed by atoms with Crippen molar-refractivity contribution in [3.05, 3.63) is 47.0 Å². The van der Waals surface area contributed by atoms with Crippen LogP contribution in [-0.4, -0.2) is 21.1 Å². The van der Waals surface area contributed by atoms with E-state index < -0.39 is 17.5 Å². The summed E-state index contributed by atoms with van der Waals surface area (Å²) >= 11 is 0. The van der Waals surface area contributed by atoms with E-state index in [1.807, 2.05) is 0 Å². The Kier molecular flexibility index (Phi) is 3.17. The third kappa shape index (κ3) is 2.66. The lowest BCUT2D eigenvalue weighted by Crippen LogP contribution is -2.24. The van der Waals surface area contributed by atoms with Gasteiger partial charge in [0.2, 0.25) is 5.82 Å². The van der Waals surface area contributed by atoms with Crippen molar-refractivity contribution in [1.82, 2.24) is 20.5 Å². The number of nitrogens with zero attached hydrogens (tertiary/aromatic N) is 2. The lowest BCUT2D eigenvalue weighted by atomic mass is 10.2. The summed E-state index contributed by atoms with van der Waals surface area (Å²) in [4.78, 5) is 15.9. The summed E-state index contributed by atoms with van der Waals surface area (Å²) in [6.45, 7) is 0.0866. The van der Waals surface area contributed by atoms with Crippen molar-refractivity contribution >= 4 is 5.91 Å². The monoisotopic (exact) mass is 278 g/mol. The molecule has 0 aliphatic heterocycles. The molecule has 1 aromatic heterocycles. The quantitative estimate of drug-likeness (QED) is 0.897. The lowest BCUT2D eigenvalue weighted by Gasteiger charge is -2.03.